The van der Waals surface area contributed by atoms with Crippen molar-refractivity contribution in [2.75, 3.05) is 6.54 Å². The monoisotopic (exact) mass is 551 g/mol. The molecule has 0 radical (unpaired) electrons. The van der Waals surface area contributed by atoms with E-state index in [1.54, 1.807) is 12.1 Å². The number of hydrogen-bond donors (Lipinski definition) is 2. The zero-order valence-electron chi connectivity index (χ0n) is 21.7. The van der Waals surface area contributed by atoms with Crippen molar-refractivity contribution in [2.24, 2.45) is 7.05 Å². The lowest BCUT2D eigenvalue weighted by Crippen LogP contribution is -2.26. The molecule has 2 atom stereocenters. The Hall–Kier alpha value is -3.35. The van der Waals surface area contributed by atoms with Gasteiger partial charge in [-0.15, -0.1) is 0 Å². The van der Waals surface area contributed by atoms with Gasteiger partial charge in [0.1, 0.15) is 5.52 Å². The van der Waals surface area contributed by atoms with Crippen LogP contribution in [-0.2, 0) is 11.8 Å². The number of fused-ring (bicyclic) bond motifs is 1. The molecule has 4 rings (SSSR count). The topological polar surface area (TPSA) is 84.2 Å². The van der Waals surface area contributed by atoms with E-state index in [-0.39, 0.29) is 30.7 Å². The van der Waals surface area contributed by atoms with Crippen molar-refractivity contribution in [3.05, 3.63) is 98.7 Å². The van der Waals surface area contributed by atoms with Crippen LogP contribution in [0.3, 0.4) is 0 Å². The zero-order chi connectivity index (χ0) is 27.4. The van der Waals surface area contributed by atoms with Crippen LogP contribution >= 0.6 is 23.2 Å². The molecule has 1 aromatic heterocycles. The molecule has 0 aliphatic rings. The zero-order valence-corrected chi connectivity index (χ0v) is 23.2. The average molecular weight is 553 g/mol. The quantitative estimate of drug-likeness (QED) is 0.220. The number of benzene rings is 3. The fourth-order valence-corrected chi connectivity index (χ4v) is 5.57. The van der Waals surface area contributed by atoms with E-state index in [0.717, 1.165) is 46.1 Å². The number of carbonyl (C=O) groups excluding carboxylic acids is 1. The van der Waals surface area contributed by atoms with Crippen molar-refractivity contribution in [1.29, 1.82) is 0 Å². The van der Waals surface area contributed by atoms with Crippen molar-refractivity contribution in [3.8, 4) is 0 Å². The van der Waals surface area contributed by atoms with Crippen LogP contribution < -0.4 is 5.32 Å². The Labute approximate surface area is 232 Å². The van der Waals surface area contributed by atoms with Crippen molar-refractivity contribution in [1.82, 2.24) is 15.1 Å². The molecule has 0 bridgehead atoms. The Morgan fingerprint density at radius 2 is 1.68 bits per heavy atom. The van der Waals surface area contributed by atoms with E-state index >= 15 is 0 Å². The van der Waals surface area contributed by atoms with E-state index < -0.39 is 5.97 Å². The molecule has 8 heteroatoms. The molecular formula is C30H31Cl2N3O3. The van der Waals surface area contributed by atoms with Gasteiger partial charge in [0.15, 0.2) is 0 Å². The first kappa shape index (κ1) is 27.7. The van der Waals surface area contributed by atoms with Crippen LogP contribution in [0, 0.1) is 6.92 Å². The van der Waals surface area contributed by atoms with Gasteiger partial charge in [-0.05, 0) is 72.4 Å². The smallest absolute Gasteiger partial charge is 0.305 e. The van der Waals surface area contributed by atoms with Gasteiger partial charge in [-0.2, -0.15) is 5.10 Å². The number of carboxylic acid groups (broad SMARTS) is 1. The van der Waals surface area contributed by atoms with Gasteiger partial charge in [0.25, 0.3) is 5.91 Å². The first-order chi connectivity index (χ1) is 18.2. The second kappa shape index (κ2) is 12.0. The average Bonchev–Trinajstić information content (AvgIpc) is 3.20. The SMILES string of the molecule is CCCC(c1ccc(C(=O)NCCC(=O)O)cc1)C(c1ccc(Cl)cc1)c1c2cc(C)cc(Cl)c2nn1C. The van der Waals surface area contributed by atoms with Gasteiger partial charge in [-0.25, -0.2) is 0 Å². The van der Waals surface area contributed by atoms with Gasteiger partial charge in [-0.3, -0.25) is 14.3 Å². The highest BCUT2D eigenvalue weighted by Gasteiger charge is 2.31. The van der Waals surface area contributed by atoms with E-state index in [1.807, 2.05) is 49.0 Å². The summed E-state index contributed by atoms with van der Waals surface area (Å²) in [5.41, 5.74) is 5.62. The van der Waals surface area contributed by atoms with Gasteiger partial charge in [0, 0.05) is 35.5 Å². The fourth-order valence-electron chi connectivity index (χ4n) is 5.13. The first-order valence-corrected chi connectivity index (χ1v) is 13.4. The van der Waals surface area contributed by atoms with Gasteiger partial charge < -0.3 is 10.4 Å². The number of nitrogens with one attached hydrogen (secondary N) is 1. The molecule has 0 saturated carbocycles. The number of hydrogen-bond acceptors (Lipinski definition) is 3. The molecule has 0 fully saturated rings. The second-order valence-electron chi connectivity index (χ2n) is 9.60. The highest BCUT2D eigenvalue weighted by molar-refractivity contribution is 6.35. The van der Waals surface area contributed by atoms with E-state index in [2.05, 4.69) is 30.4 Å². The van der Waals surface area contributed by atoms with Crippen molar-refractivity contribution >= 4 is 46.0 Å². The van der Waals surface area contributed by atoms with Crippen LogP contribution in [0.2, 0.25) is 10.0 Å². The maximum atomic E-state index is 12.5. The van der Waals surface area contributed by atoms with Gasteiger partial charge in [0.05, 0.1) is 17.1 Å². The second-order valence-corrected chi connectivity index (χ2v) is 10.4. The first-order valence-electron chi connectivity index (χ1n) is 12.7. The number of aryl methyl sites for hydroxylation is 2. The summed E-state index contributed by atoms with van der Waals surface area (Å²) < 4.78 is 1.93. The minimum absolute atomic E-state index is 0.0460. The van der Waals surface area contributed by atoms with Crippen LogP contribution in [0.1, 0.15) is 70.8 Å². The molecule has 2 N–H and O–H groups in total. The molecule has 198 valence electrons. The van der Waals surface area contributed by atoms with E-state index in [0.29, 0.717) is 15.6 Å². The number of aromatic nitrogens is 2. The van der Waals surface area contributed by atoms with Crippen molar-refractivity contribution in [2.45, 2.75) is 44.9 Å². The fraction of sp³-hybridized carbons (Fsp3) is 0.300. The predicted molar refractivity (Wildman–Crippen MR) is 152 cm³/mol. The van der Waals surface area contributed by atoms with E-state index in [1.165, 1.54) is 0 Å². The maximum absolute atomic E-state index is 12.5. The number of carbonyl (C=O) groups is 2. The van der Waals surface area contributed by atoms with Crippen LogP contribution in [0.5, 0.6) is 0 Å². The number of carboxylic acids is 1. The summed E-state index contributed by atoms with van der Waals surface area (Å²) in [6.07, 6.45) is 1.75. The number of amides is 1. The Bertz CT molecular complexity index is 1450. The highest BCUT2D eigenvalue weighted by atomic mass is 35.5. The Kier molecular flexibility index (Phi) is 8.75. The summed E-state index contributed by atoms with van der Waals surface area (Å²) in [4.78, 5) is 23.3. The molecule has 1 amide bonds. The minimum Gasteiger partial charge on any atom is -0.481 e. The maximum Gasteiger partial charge on any atom is 0.305 e. The van der Waals surface area contributed by atoms with Crippen LogP contribution in [-0.4, -0.2) is 33.3 Å². The molecule has 6 nitrogen and oxygen atoms in total. The summed E-state index contributed by atoms with van der Waals surface area (Å²) in [5.74, 6) is -1.20. The van der Waals surface area contributed by atoms with Crippen molar-refractivity contribution in [3.63, 3.8) is 0 Å². The molecule has 3 aromatic carbocycles. The van der Waals surface area contributed by atoms with Gasteiger partial charge >= 0.3 is 5.97 Å². The van der Waals surface area contributed by atoms with Crippen LogP contribution in [0.15, 0.2) is 60.7 Å². The summed E-state index contributed by atoms with van der Waals surface area (Å²) in [7, 11) is 1.96. The third-order valence-electron chi connectivity index (χ3n) is 6.83. The lowest BCUT2D eigenvalue weighted by molar-refractivity contribution is -0.136. The summed E-state index contributed by atoms with van der Waals surface area (Å²) in [6.45, 7) is 4.28. The highest BCUT2D eigenvalue weighted by Crippen LogP contribution is 2.44. The summed E-state index contributed by atoms with van der Waals surface area (Å²) >= 11 is 12.9. The molecule has 0 saturated heterocycles. The molecular weight excluding hydrogens is 521 g/mol. The predicted octanol–water partition coefficient (Wildman–Crippen LogP) is 7.11. The Morgan fingerprint density at radius 3 is 2.32 bits per heavy atom. The minimum atomic E-state index is -0.949. The molecule has 4 aromatic rings. The normalized spacial score (nSPS) is 12.9. The summed E-state index contributed by atoms with van der Waals surface area (Å²) in [6, 6.07) is 19.6. The van der Waals surface area contributed by atoms with Gasteiger partial charge in [0.2, 0.25) is 0 Å². The Balaban J connectivity index is 1.80. The lowest BCUT2D eigenvalue weighted by Gasteiger charge is -2.29. The lowest BCUT2D eigenvalue weighted by atomic mass is 9.76. The summed E-state index contributed by atoms with van der Waals surface area (Å²) in [5, 5.41) is 18.6. The van der Waals surface area contributed by atoms with E-state index in [9.17, 15) is 9.59 Å². The molecule has 2 unspecified atom stereocenters. The number of rotatable bonds is 10. The van der Waals surface area contributed by atoms with E-state index in [4.69, 9.17) is 33.4 Å². The number of nitrogens with zero attached hydrogens (tertiary/aromatic N) is 2. The molecule has 0 spiro atoms. The Morgan fingerprint density at radius 1 is 1.03 bits per heavy atom. The number of halogens is 2. The van der Waals surface area contributed by atoms with Crippen LogP contribution in [0.4, 0.5) is 0 Å². The van der Waals surface area contributed by atoms with Crippen molar-refractivity contribution < 1.29 is 14.7 Å². The van der Waals surface area contributed by atoms with Gasteiger partial charge in [-0.1, -0.05) is 60.8 Å². The van der Waals surface area contributed by atoms with Crippen LogP contribution in [0.25, 0.3) is 10.9 Å². The molecule has 38 heavy (non-hydrogen) atoms. The molecule has 1 heterocycles. The third kappa shape index (κ3) is 6.03. The number of aliphatic carboxylic acids is 1. The molecule has 0 aliphatic heterocycles. The molecule has 0 aliphatic carbocycles. The standard InChI is InChI=1S/C30H31Cl2N3O3/c1-4-5-23(19-6-8-21(9-7-19)30(38)33-15-14-26(36)37)27(20-10-12-22(31)13-11-20)29-24-16-18(2)17-25(32)28(24)34-35(29)3/h6-13,16-17,23,27H,4-5,14-15H2,1-3H3,(H,33,38)(H,36,37). The largest absolute Gasteiger partial charge is 0.481 e. The third-order valence-corrected chi connectivity index (χ3v) is 7.37.